The van der Waals surface area contributed by atoms with Crippen LogP contribution in [0.1, 0.15) is 41.9 Å². The molecule has 1 aliphatic carbocycles. The van der Waals surface area contributed by atoms with Crippen molar-refractivity contribution in [2.24, 2.45) is 0 Å². The number of para-hydroxylation sites is 1. The highest BCUT2D eigenvalue weighted by molar-refractivity contribution is 7.72. The molecule has 0 saturated heterocycles. The number of aromatic nitrogens is 4. The largest absolute Gasteiger partial charge is 0.492 e. The van der Waals surface area contributed by atoms with Crippen LogP contribution in [0.25, 0.3) is 17.2 Å². The first-order valence-corrected chi connectivity index (χ1v) is 13.0. The number of thiol groups is 1. The number of benzene rings is 2. The number of ether oxygens (including phenoxy) is 1. The van der Waals surface area contributed by atoms with Crippen LogP contribution in [0.15, 0.2) is 71.8 Å². The van der Waals surface area contributed by atoms with Crippen molar-refractivity contribution in [2.75, 3.05) is 6.61 Å². The average Bonchev–Trinajstić information content (AvgIpc) is 3.31. The molecular weight excluding hydrogens is 497 g/mol. The summed E-state index contributed by atoms with van der Waals surface area (Å²) in [7, 11) is -2.77. The Morgan fingerprint density at radius 2 is 1.92 bits per heavy atom. The van der Waals surface area contributed by atoms with Gasteiger partial charge in [0.05, 0.1) is 23.4 Å². The normalized spacial score (nSPS) is 16.8. The molecule has 190 valence electrons. The fourth-order valence-corrected chi connectivity index (χ4v) is 4.79. The van der Waals surface area contributed by atoms with E-state index in [2.05, 4.69) is 20.5 Å². The van der Waals surface area contributed by atoms with Crippen molar-refractivity contribution >= 4 is 16.6 Å². The summed E-state index contributed by atoms with van der Waals surface area (Å²) in [4.78, 5) is 17.2. The van der Waals surface area contributed by atoms with Gasteiger partial charge in [0.25, 0.3) is 5.91 Å². The fourth-order valence-electron chi connectivity index (χ4n) is 4.34. The lowest BCUT2D eigenvalue weighted by atomic mass is 9.79. The second-order valence-corrected chi connectivity index (χ2v) is 9.66. The molecule has 2 heterocycles. The van der Waals surface area contributed by atoms with Crippen LogP contribution >= 0.6 is 0 Å². The van der Waals surface area contributed by atoms with Gasteiger partial charge in [-0.05, 0) is 62.2 Å². The Morgan fingerprint density at radius 1 is 1.11 bits per heavy atom. The van der Waals surface area contributed by atoms with Crippen molar-refractivity contribution in [3.8, 4) is 23.0 Å². The number of amides is 1. The Kier molecular flexibility index (Phi) is 6.95. The Balaban J connectivity index is 1.38. The van der Waals surface area contributed by atoms with Gasteiger partial charge in [0, 0.05) is 17.5 Å². The van der Waals surface area contributed by atoms with Crippen LogP contribution in [0.5, 0.6) is 5.75 Å². The number of carbonyl (C=O) groups excluding carboxylic acids is 1. The smallest absolute Gasteiger partial charge is 0.251 e. The zero-order chi connectivity index (χ0) is 25.9. The summed E-state index contributed by atoms with van der Waals surface area (Å²) in [6, 6.07) is 15.7. The molecule has 0 spiro atoms. The highest BCUT2D eigenvalue weighted by Gasteiger charge is 2.36. The summed E-state index contributed by atoms with van der Waals surface area (Å²) in [5, 5.41) is 11.7. The molecule has 0 bridgehead atoms. The van der Waals surface area contributed by atoms with Gasteiger partial charge >= 0.3 is 0 Å². The van der Waals surface area contributed by atoms with Crippen LogP contribution in [0.3, 0.4) is 0 Å². The van der Waals surface area contributed by atoms with Crippen molar-refractivity contribution in [3.63, 3.8) is 0 Å². The van der Waals surface area contributed by atoms with E-state index in [1.165, 1.54) is 24.3 Å². The van der Waals surface area contributed by atoms with Crippen molar-refractivity contribution in [2.45, 2.75) is 36.6 Å². The monoisotopic (exact) mass is 521 g/mol. The molecule has 9 nitrogen and oxygen atoms in total. The number of halogens is 1. The van der Waals surface area contributed by atoms with E-state index >= 15 is 0 Å². The van der Waals surface area contributed by atoms with Gasteiger partial charge in [-0.15, -0.1) is 10.2 Å². The minimum atomic E-state index is -2.77. The quantitative estimate of drug-likeness (QED) is 0.341. The first kappa shape index (κ1) is 24.6. The number of hydrogen-bond donors (Lipinski definition) is 2. The molecule has 2 aromatic heterocycles. The van der Waals surface area contributed by atoms with E-state index in [0.29, 0.717) is 48.2 Å². The van der Waals surface area contributed by atoms with Gasteiger partial charge in [0.15, 0.2) is 16.5 Å². The summed E-state index contributed by atoms with van der Waals surface area (Å²) in [6.45, 7) is 2.40. The third-order valence-corrected chi connectivity index (χ3v) is 6.92. The molecule has 2 aromatic carbocycles. The maximum absolute atomic E-state index is 14.9. The maximum Gasteiger partial charge on any atom is 0.251 e. The van der Waals surface area contributed by atoms with E-state index in [0.717, 1.165) is 0 Å². The summed E-state index contributed by atoms with van der Waals surface area (Å²) >= 11 is 0. The summed E-state index contributed by atoms with van der Waals surface area (Å²) in [6.07, 6.45) is 2.74. The molecule has 1 fully saturated rings. The molecule has 37 heavy (non-hydrogen) atoms. The Hall–Kier alpha value is -4.12. The van der Waals surface area contributed by atoms with Crippen molar-refractivity contribution in [1.29, 1.82) is 0 Å². The molecule has 1 amide bonds. The second kappa shape index (κ2) is 10.5. The van der Waals surface area contributed by atoms with Gasteiger partial charge in [-0.25, -0.2) is 17.8 Å². The lowest BCUT2D eigenvalue weighted by Crippen LogP contribution is -2.44. The number of pyridine rings is 1. The second-order valence-electron chi connectivity index (χ2n) is 8.63. The van der Waals surface area contributed by atoms with E-state index in [4.69, 9.17) is 4.74 Å². The summed E-state index contributed by atoms with van der Waals surface area (Å²) < 4.78 is 44.5. The van der Waals surface area contributed by atoms with E-state index < -0.39 is 16.5 Å². The van der Waals surface area contributed by atoms with Gasteiger partial charge < -0.3 is 10.1 Å². The van der Waals surface area contributed by atoms with E-state index in [1.54, 1.807) is 47.2 Å². The zero-order valence-corrected chi connectivity index (χ0v) is 20.8. The lowest BCUT2D eigenvalue weighted by molar-refractivity contribution is 0.0907. The Bertz CT molecular complexity index is 1510. The zero-order valence-electron chi connectivity index (χ0n) is 19.9. The predicted octanol–water partition coefficient (Wildman–Crippen LogP) is 3.51. The third-order valence-electron chi connectivity index (χ3n) is 6.22. The topological polar surface area (TPSA) is 116 Å². The van der Waals surface area contributed by atoms with E-state index in [-0.39, 0.29) is 28.3 Å². The van der Waals surface area contributed by atoms with Crippen molar-refractivity contribution < 1.29 is 22.3 Å². The van der Waals surface area contributed by atoms with E-state index in [9.17, 15) is 17.6 Å². The van der Waals surface area contributed by atoms with Crippen LogP contribution in [-0.4, -0.2) is 46.7 Å². The first-order chi connectivity index (χ1) is 17.9. The minimum Gasteiger partial charge on any atom is -0.492 e. The number of rotatable bonds is 8. The molecule has 4 aromatic rings. The molecule has 0 radical (unpaired) electrons. The summed E-state index contributed by atoms with van der Waals surface area (Å²) in [5.74, 6) is 0.754. The molecule has 1 N–H and O–H groups in total. The highest BCUT2D eigenvalue weighted by atomic mass is 32.2. The number of nitrogens with zero attached hydrogens (tertiary/aromatic N) is 4. The number of nitrogens with one attached hydrogen (secondary N) is 1. The molecule has 0 unspecified atom stereocenters. The fraction of sp³-hybridized carbons (Fsp3) is 0.231. The average molecular weight is 522 g/mol. The van der Waals surface area contributed by atoms with Crippen LogP contribution in [0.2, 0.25) is 0 Å². The molecule has 1 saturated carbocycles. The SMILES string of the molecule is CCOc1ccc(-c2nnc([C@H]3C[C@H](NC(=O)c4cccc([SH](=O)=O)c4)C3)n2-c2ccccc2F)nc1. The first-order valence-electron chi connectivity index (χ1n) is 11.8. The predicted molar refractivity (Wildman–Crippen MR) is 134 cm³/mol. The molecule has 0 aliphatic heterocycles. The van der Waals surface area contributed by atoms with Crippen molar-refractivity contribution in [3.05, 3.63) is 84.1 Å². The number of carbonyl (C=O) groups is 1. The summed E-state index contributed by atoms with van der Waals surface area (Å²) in [5.41, 5.74) is 1.11. The third kappa shape index (κ3) is 5.08. The number of hydrogen-bond acceptors (Lipinski definition) is 7. The van der Waals surface area contributed by atoms with Crippen LogP contribution in [0.4, 0.5) is 4.39 Å². The van der Waals surface area contributed by atoms with Gasteiger partial charge in [-0.3, -0.25) is 9.36 Å². The minimum absolute atomic E-state index is 0.0729. The van der Waals surface area contributed by atoms with Gasteiger partial charge in [-0.2, -0.15) is 0 Å². The Morgan fingerprint density at radius 3 is 2.62 bits per heavy atom. The molecule has 0 atom stereocenters. The van der Waals surface area contributed by atoms with Crippen LogP contribution in [-0.2, 0) is 10.7 Å². The maximum atomic E-state index is 14.9. The molecular formula is C26H24FN5O4S. The van der Waals surface area contributed by atoms with Gasteiger partial charge in [0.1, 0.15) is 23.1 Å². The lowest BCUT2D eigenvalue weighted by Gasteiger charge is -2.35. The molecule has 5 rings (SSSR count). The van der Waals surface area contributed by atoms with Crippen LogP contribution < -0.4 is 10.1 Å². The molecule has 11 heteroatoms. The van der Waals surface area contributed by atoms with Gasteiger partial charge in [0.2, 0.25) is 0 Å². The molecule has 1 aliphatic rings. The van der Waals surface area contributed by atoms with Crippen LogP contribution in [0, 0.1) is 5.82 Å². The van der Waals surface area contributed by atoms with E-state index in [1.807, 2.05) is 6.92 Å². The van der Waals surface area contributed by atoms with Crippen molar-refractivity contribution in [1.82, 2.24) is 25.1 Å². The Labute approximate surface area is 214 Å². The van der Waals surface area contributed by atoms with Gasteiger partial charge in [-0.1, -0.05) is 18.2 Å². The highest BCUT2D eigenvalue weighted by Crippen LogP contribution is 2.39. The standard InChI is InChI=1S/C26H24FN5O4S/c1-2-36-19-10-11-22(28-15-19)25-31-30-24(32(25)23-9-4-3-8-21(23)27)17-12-18(13-17)29-26(33)16-6-5-7-20(14-16)37(34)35/h3-11,14-15,17-18,37H,2,12-13H2,1H3,(H,29,33)/t17-,18-.